The van der Waals surface area contributed by atoms with E-state index in [0.29, 0.717) is 0 Å². The fourth-order valence-electron chi connectivity index (χ4n) is 2.02. The molecule has 0 fully saturated rings. The van der Waals surface area contributed by atoms with Crippen molar-refractivity contribution in [2.24, 2.45) is 0 Å². The van der Waals surface area contributed by atoms with Gasteiger partial charge in [-0.2, -0.15) is 0 Å². The van der Waals surface area contributed by atoms with E-state index in [9.17, 15) is 0 Å². The maximum atomic E-state index is 5.56. The zero-order chi connectivity index (χ0) is 11.5. The van der Waals surface area contributed by atoms with Gasteiger partial charge in [-0.25, -0.2) is 0 Å². The van der Waals surface area contributed by atoms with Crippen LogP contribution in [0.15, 0.2) is 41.0 Å². The summed E-state index contributed by atoms with van der Waals surface area (Å²) in [6.07, 6.45) is 1.74. The lowest BCUT2D eigenvalue weighted by atomic mass is 9.98. The maximum absolute atomic E-state index is 5.56. The fraction of sp³-hybridized carbons (Fsp3) is 0.286. The number of benzene rings is 1. The lowest BCUT2D eigenvalue weighted by molar-refractivity contribution is 0.459. The van der Waals surface area contributed by atoms with Gasteiger partial charge in [0.15, 0.2) is 0 Å². The summed E-state index contributed by atoms with van der Waals surface area (Å²) >= 11 is 0. The van der Waals surface area contributed by atoms with Gasteiger partial charge in [-0.15, -0.1) is 0 Å². The average Bonchev–Trinajstić information content (AvgIpc) is 2.69. The smallest absolute Gasteiger partial charge is 0.128 e. The van der Waals surface area contributed by atoms with E-state index >= 15 is 0 Å². The summed E-state index contributed by atoms with van der Waals surface area (Å²) in [7, 11) is 1.96. The molecule has 1 atom stereocenters. The fourth-order valence-corrected chi connectivity index (χ4v) is 2.02. The highest BCUT2D eigenvalue weighted by molar-refractivity contribution is 5.35. The molecule has 1 aromatic heterocycles. The standard InChI is InChI=1S/C14H17NO/c1-10-6-4-5-7-12(10)13(15-3)14-11(2)8-9-16-14/h4-9,13,15H,1-3H3. The summed E-state index contributed by atoms with van der Waals surface area (Å²) in [5.41, 5.74) is 3.73. The molecule has 0 saturated carbocycles. The van der Waals surface area contributed by atoms with E-state index < -0.39 is 0 Å². The van der Waals surface area contributed by atoms with E-state index in [1.165, 1.54) is 16.7 Å². The molecule has 0 spiro atoms. The minimum absolute atomic E-state index is 0.135. The van der Waals surface area contributed by atoms with Gasteiger partial charge in [0.1, 0.15) is 5.76 Å². The Balaban J connectivity index is 2.45. The van der Waals surface area contributed by atoms with E-state index in [1.807, 2.05) is 13.1 Å². The molecule has 2 nitrogen and oxygen atoms in total. The molecule has 84 valence electrons. The highest BCUT2D eigenvalue weighted by Crippen LogP contribution is 2.27. The number of aryl methyl sites for hydroxylation is 2. The summed E-state index contributed by atoms with van der Waals surface area (Å²) < 4.78 is 5.56. The van der Waals surface area contributed by atoms with Crippen molar-refractivity contribution in [3.8, 4) is 0 Å². The lowest BCUT2D eigenvalue weighted by Crippen LogP contribution is -2.18. The summed E-state index contributed by atoms with van der Waals surface area (Å²) in [5.74, 6) is 0.997. The first-order chi connectivity index (χ1) is 7.74. The Bertz CT molecular complexity index is 473. The van der Waals surface area contributed by atoms with Crippen LogP contribution in [0.3, 0.4) is 0 Å². The topological polar surface area (TPSA) is 25.2 Å². The van der Waals surface area contributed by atoms with Crippen molar-refractivity contribution in [2.75, 3.05) is 7.05 Å². The van der Waals surface area contributed by atoms with Gasteiger partial charge < -0.3 is 9.73 Å². The predicted octanol–water partition coefficient (Wildman–Crippen LogP) is 3.21. The van der Waals surface area contributed by atoms with Crippen LogP contribution in [-0.4, -0.2) is 7.05 Å². The zero-order valence-electron chi connectivity index (χ0n) is 9.95. The number of nitrogens with one attached hydrogen (secondary N) is 1. The normalized spacial score (nSPS) is 12.7. The quantitative estimate of drug-likeness (QED) is 0.850. The van der Waals surface area contributed by atoms with Gasteiger partial charge in [0.2, 0.25) is 0 Å². The first-order valence-electron chi connectivity index (χ1n) is 5.51. The molecule has 1 heterocycles. The van der Waals surface area contributed by atoms with Crippen molar-refractivity contribution in [2.45, 2.75) is 19.9 Å². The van der Waals surface area contributed by atoms with Gasteiger partial charge >= 0.3 is 0 Å². The van der Waals surface area contributed by atoms with Crippen LogP contribution in [0.1, 0.15) is 28.5 Å². The van der Waals surface area contributed by atoms with E-state index in [2.05, 4.69) is 43.4 Å². The Morgan fingerprint density at radius 3 is 2.38 bits per heavy atom. The number of hydrogen-bond donors (Lipinski definition) is 1. The van der Waals surface area contributed by atoms with E-state index in [4.69, 9.17) is 4.42 Å². The Hall–Kier alpha value is -1.54. The Morgan fingerprint density at radius 2 is 1.81 bits per heavy atom. The van der Waals surface area contributed by atoms with E-state index in [0.717, 1.165) is 5.76 Å². The first-order valence-corrected chi connectivity index (χ1v) is 5.51. The SMILES string of the molecule is CNC(c1ccccc1C)c1occc1C. The molecule has 0 aliphatic rings. The van der Waals surface area contributed by atoms with Crippen molar-refractivity contribution in [3.05, 3.63) is 59.0 Å². The third kappa shape index (κ3) is 1.89. The third-order valence-electron chi connectivity index (χ3n) is 2.95. The maximum Gasteiger partial charge on any atom is 0.128 e. The Kier molecular flexibility index (Phi) is 3.11. The molecule has 16 heavy (non-hydrogen) atoms. The minimum atomic E-state index is 0.135. The van der Waals surface area contributed by atoms with Crippen molar-refractivity contribution >= 4 is 0 Å². The van der Waals surface area contributed by atoms with Crippen LogP contribution >= 0.6 is 0 Å². The average molecular weight is 215 g/mol. The van der Waals surface area contributed by atoms with Gasteiger partial charge in [-0.3, -0.25) is 0 Å². The molecule has 0 amide bonds. The molecule has 1 N–H and O–H groups in total. The van der Waals surface area contributed by atoms with Crippen LogP contribution in [0.4, 0.5) is 0 Å². The van der Waals surface area contributed by atoms with Crippen molar-refractivity contribution in [1.82, 2.24) is 5.32 Å². The van der Waals surface area contributed by atoms with Crippen LogP contribution in [0.5, 0.6) is 0 Å². The molecule has 1 unspecified atom stereocenters. The Labute approximate surface area is 96.3 Å². The molecule has 1 aromatic carbocycles. The highest BCUT2D eigenvalue weighted by Gasteiger charge is 2.18. The van der Waals surface area contributed by atoms with Crippen molar-refractivity contribution < 1.29 is 4.42 Å². The summed E-state index contributed by atoms with van der Waals surface area (Å²) in [6.45, 7) is 4.19. The third-order valence-corrected chi connectivity index (χ3v) is 2.95. The molecule has 2 heteroatoms. The summed E-state index contributed by atoms with van der Waals surface area (Å²) in [5, 5.41) is 3.31. The molecule has 0 aliphatic carbocycles. The van der Waals surface area contributed by atoms with Gasteiger partial charge in [0, 0.05) is 0 Å². The zero-order valence-corrected chi connectivity index (χ0v) is 9.95. The number of furan rings is 1. The van der Waals surface area contributed by atoms with Crippen LogP contribution in [-0.2, 0) is 0 Å². The van der Waals surface area contributed by atoms with E-state index in [-0.39, 0.29) is 6.04 Å². The molecule has 0 radical (unpaired) electrons. The molecule has 2 rings (SSSR count). The minimum Gasteiger partial charge on any atom is -0.467 e. The van der Waals surface area contributed by atoms with Crippen LogP contribution in [0, 0.1) is 13.8 Å². The number of rotatable bonds is 3. The van der Waals surface area contributed by atoms with Gasteiger partial charge in [0.05, 0.1) is 12.3 Å². The van der Waals surface area contributed by atoms with E-state index in [1.54, 1.807) is 6.26 Å². The molecular formula is C14H17NO. The summed E-state index contributed by atoms with van der Waals surface area (Å²) in [6, 6.07) is 10.5. The van der Waals surface area contributed by atoms with Crippen LogP contribution < -0.4 is 5.32 Å². The summed E-state index contributed by atoms with van der Waals surface area (Å²) in [4.78, 5) is 0. The molecule has 0 bridgehead atoms. The molecular weight excluding hydrogens is 198 g/mol. The van der Waals surface area contributed by atoms with Gasteiger partial charge in [-0.1, -0.05) is 24.3 Å². The monoisotopic (exact) mass is 215 g/mol. The first kappa shape index (κ1) is 11.0. The second-order valence-electron chi connectivity index (χ2n) is 4.05. The predicted molar refractivity (Wildman–Crippen MR) is 65.5 cm³/mol. The van der Waals surface area contributed by atoms with Crippen LogP contribution in [0.2, 0.25) is 0 Å². The second-order valence-corrected chi connectivity index (χ2v) is 4.05. The van der Waals surface area contributed by atoms with Gasteiger partial charge in [0.25, 0.3) is 0 Å². The lowest BCUT2D eigenvalue weighted by Gasteiger charge is -2.17. The molecule has 2 aromatic rings. The highest BCUT2D eigenvalue weighted by atomic mass is 16.3. The van der Waals surface area contributed by atoms with Crippen molar-refractivity contribution in [1.29, 1.82) is 0 Å². The van der Waals surface area contributed by atoms with Crippen LogP contribution in [0.25, 0.3) is 0 Å². The largest absolute Gasteiger partial charge is 0.467 e. The molecule has 0 saturated heterocycles. The number of hydrogen-bond acceptors (Lipinski definition) is 2. The Morgan fingerprint density at radius 1 is 1.06 bits per heavy atom. The second kappa shape index (κ2) is 4.54. The molecule has 0 aliphatic heterocycles. The van der Waals surface area contributed by atoms with Crippen molar-refractivity contribution in [3.63, 3.8) is 0 Å². The van der Waals surface area contributed by atoms with Gasteiger partial charge in [-0.05, 0) is 43.7 Å².